The van der Waals surface area contributed by atoms with Gasteiger partial charge >= 0.3 is 0 Å². The first kappa shape index (κ1) is 14.5. The van der Waals surface area contributed by atoms with Crippen molar-refractivity contribution in [3.05, 3.63) is 34.3 Å². The van der Waals surface area contributed by atoms with E-state index in [9.17, 15) is 5.11 Å². The van der Waals surface area contributed by atoms with Crippen molar-refractivity contribution in [2.75, 3.05) is 6.54 Å². The maximum atomic E-state index is 10.4. The Kier molecular flexibility index (Phi) is 4.23. The SMILES string of the molecule is Cc1ccc(C(C)(O)CNC(C)(C)C)cc1Cl. The fourth-order valence-electron chi connectivity index (χ4n) is 1.47. The van der Waals surface area contributed by atoms with E-state index in [1.165, 1.54) is 0 Å². The van der Waals surface area contributed by atoms with Crippen LogP contribution in [0.3, 0.4) is 0 Å². The minimum Gasteiger partial charge on any atom is -0.384 e. The van der Waals surface area contributed by atoms with Gasteiger partial charge in [0.05, 0.1) is 5.60 Å². The summed E-state index contributed by atoms with van der Waals surface area (Å²) in [7, 11) is 0. The second kappa shape index (κ2) is 4.97. The number of hydrogen-bond acceptors (Lipinski definition) is 2. The molecule has 1 unspecified atom stereocenters. The monoisotopic (exact) mass is 255 g/mol. The molecule has 1 atom stereocenters. The van der Waals surface area contributed by atoms with E-state index >= 15 is 0 Å². The van der Waals surface area contributed by atoms with E-state index in [1.54, 1.807) is 6.92 Å². The molecule has 1 aromatic rings. The molecule has 0 bridgehead atoms. The lowest BCUT2D eigenvalue weighted by molar-refractivity contribution is 0.0502. The molecule has 0 aliphatic heterocycles. The Labute approximate surface area is 109 Å². The van der Waals surface area contributed by atoms with E-state index in [1.807, 2.05) is 25.1 Å². The van der Waals surface area contributed by atoms with E-state index in [0.717, 1.165) is 11.1 Å². The number of nitrogens with one attached hydrogen (secondary N) is 1. The van der Waals surface area contributed by atoms with E-state index < -0.39 is 5.60 Å². The van der Waals surface area contributed by atoms with E-state index in [4.69, 9.17) is 11.6 Å². The minimum atomic E-state index is -0.912. The van der Waals surface area contributed by atoms with Crippen molar-refractivity contribution in [2.24, 2.45) is 0 Å². The Morgan fingerprint density at radius 1 is 1.24 bits per heavy atom. The predicted molar refractivity (Wildman–Crippen MR) is 73.5 cm³/mol. The van der Waals surface area contributed by atoms with Crippen molar-refractivity contribution in [1.29, 1.82) is 0 Å². The third-order valence-electron chi connectivity index (χ3n) is 2.76. The molecule has 96 valence electrons. The lowest BCUT2D eigenvalue weighted by atomic mass is 9.94. The summed E-state index contributed by atoms with van der Waals surface area (Å²) in [6, 6.07) is 5.69. The van der Waals surface area contributed by atoms with Gasteiger partial charge in [-0.1, -0.05) is 23.7 Å². The molecule has 17 heavy (non-hydrogen) atoms. The Morgan fingerprint density at radius 2 is 1.82 bits per heavy atom. The molecule has 0 saturated carbocycles. The highest BCUT2D eigenvalue weighted by molar-refractivity contribution is 6.31. The maximum Gasteiger partial charge on any atom is 0.0993 e. The zero-order valence-corrected chi connectivity index (χ0v) is 12.0. The average molecular weight is 256 g/mol. The summed E-state index contributed by atoms with van der Waals surface area (Å²) in [6.07, 6.45) is 0. The minimum absolute atomic E-state index is 0.0154. The first-order valence-corrected chi connectivity index (χ1v) is 6.24. The Bertz CT molecular complexity index is 394. The molecule has 0 aliphatic rings. The Hall–Kier alpha value is -0.570. The van der Waals surface area contributed by atoms with E-state index in [0.29, 0.717) is 11.6 Å². The van der Waals surface area contributed by atoms with Gasteiger partial charge in [-0.25, -0.2) is 0 Å². The Balaban J connectivity index is 2.85. The van der Waals surface area contributed by atoms with Crippen LogP contribution < -0.4 is 5.32 Å². The number of aliphatic hydroxyl groups is 1. The average Bonchev–Trinajstić information content (AvgIpc) is 2.18. The van der Waals surface area contributed by atoms with Gasteiger partial charge in [-0.2, -0.15) is 0 Å². The van der Waals surface area contributed by atoms with Crippen molar-refractivity contribution >= 4 is 11.6 Å². The highest BCUT2D eigenvalue weighted by atomic mass is 35.5. The third-order valence-corrected chi connectivity index (χ3v) is 3.16. The quantitative estimate of drug-likeness (QED) is 0.869. The largest absolute Gasteiger partial charge is 0.384 e. The van der Waals surface area contributed by atoms with Gasteiger partial charge in [-0.05, 0) is 51.8 Å². The topological polar surface area (TPSA) is 32.3 Å². The number of β-amino-alcohol motifs (C(OH)–C–C–N with tert-alkyl or cyclic N) is 1. The fourth-order valence-corrected chi connectivity index (χ4v) is 1.65. The van der Waals surface area contributed by atoms with Crippen LogP contribution in [0.15, 0.2) is 18.2 Å². The molecule has 2 N–H and O–H groups in total. The molecule has 1 aromatic carbocycles. The summed E-state index contributed by atoms with van der Waals surface area (Å²) in [4.78, 5) is 0. The van der Waals surface area contributed by atoms with Crippen molar-refractivity contribution in [2.45, 2.75) is 45.8 Å². The maximum absolute atomic E-state index is 10.4. The van der Waals surface area contributed by atoms with Gasteiger partial charge in [-0.3, -0.25) is 0 Å². The summed E-state index contributed by atoms with van der Waals surface area (Å²) >= 11 is 6.08. The molecule has 2 nitrogen and oxygen atoms in total. The van der Waals surface area contributed by atoms with Gasteiger partial charge in [0.15, 0.2) is 0 Å². The molecule has 0 saturated heterocycles. The zero-order valence-electron chi connectivity index (χ0n) is 11.3. The molecular formula is C14H22ClNO. The molecule has 3 heteroatoms. The Morgan fingerprint density at radius 3 is 2.29 bits per heavy atom. The van der Waals surface area contributed by atoms with Crippen LogP contribution in [0.4, 0.5) is 0 Å². The van der Waals surface area contributed by atoms with Crippen LogP contribution in [0.2, 0.25) is 5.02 Å². The van der Waals surface area contributed by atoms with Crippen LogP contribution >= 0.6 is 11.6 Å². The molecule has 0 amide bonds. The van der Waals surface area contributed by atoms with Crippen LogP contribution in [0, 0.1) is 6.92 Å². The number of aryl methyl sites for hydroxylation is 1. The van der Waals surface area contributed by atoms with Gasteiger partial charge in [-0.15, -0.1) is 0 Å². The van der Waals surface area contributed by atoms with Gasteiger partial charge in [0.1, 0.15) is 0 Å². The third kappa shape index (κ3) is 4.30. The second-order valence-electron chi connectivity index (χ2n) is 5.84. The molecule has 0 fully saturated rings. The molecule has 0 radical (unpaired) electrons. The van der Waals surface area contributed by atoms with E-state index in [-0.39, 0.29) is 5.54 Å². The number of rotatable bonds is 3. The van der Waals surface area contributed by atoms with E-state index in [2.05, 4.69) is 26.1 Å². The van der Waals surface area contributed by atoms with Gasteiger partial charge in [0, 0.05) is 17.1 Å². The summed E-state index contributed by atoms with van der Waals surface area (Å²) in [5.41, 5.74) is 0.933. The van der Waals surface area contributed by atoms with Crippen LogP contribution in [0.25, 0.3) is 0 Å². The van der Waals surface area contributed by atoms with Crippen molar-refractivity contribution in [3.63, 3.8) is 0 Å². The molecule has 0 aromatic heterocycles. The fraction of sp³-hybridized carbons (Fsp3) is 0.571. The summed E-state index contributed by atoms with van der Waals surface area (Å²) in [5.74, 6) is 0. The highest BCUT2D eigenvalue weighted by Gasteiger charge is 2.25. The molecule has 0 spiro atoms. The second-order valence-corrected chi connectivity index (χ2v) is 6.25. The standard InChI is InChI=1S/C14H22ClNO/c1-10-6-7-11(8-12(10)15)14(5,17)9-16-13(2,3)4/h6-8,16-17H,9H2,1-5H3. The van der Waals surface area contributed by atoms with Crippen LogP contribution in [-0.2, 0) is 5.60 Å². The molecule has 0 aliphatic carbocycles. The first-order chi connectivity index (χ1) is 7.62. The number of hydrogen-bond donors (Lipinski definition) is 2. The smallest absolute Gasteiger partial charge is 0.0993 e. The normalized spacial score (nSPS) is 15.7. The molecular weight excluding hydrogens is 234 g/mol. The lowest BCUT2D eigenvalue weighted by Crippen LogP contribution is -2.44. The van der Waals surface area contributed by atoms with Crippen molar-refractivity contribution < 1.29 is 5.11 Å². The molecule has 1 rings (SSSR count). The number of benzene rings is 1. The number of halogens is 1. The molecule has 0 heterocycles. The van der Waals surface area contributed by atoms with Crippen LogP contribution in [0.5, 0.6) is 0 Å². The first-order valence-electron chi connectivity index (χ1n) is 5.86. The van der Waals surface area contributed by atoms with Crippen LogP contribution in [0.1, 0.15) is 38.8 Å². The van der Waals surface area contributed by atoms with Crippen molar-refractivity contribution in [3.8, 4) is 0 Å². The predicted octanol–water partition coefficient (Wildman–Crippen LogP) is 3.24. The van der Waals surface area contributed by atoms with Gasteiger partial charge in [0.2, 0.25) is 0 Å². The summed E-state index contributed by atoms with van der Waals surface area (Å²) in [5, 5.41) is 14.4. The summed E-state index contributed by atoms with van der Waals surface area (Å²) < 4.78 is 0. The van der Waals surface area contributed by atoms with Gasteiger partial charge in [0.25, 0.3) is 0 Å². The highest BCUT2D eigenvalue weighted by Crippen LogP contribution is 2.25. The lowest BCUT2D eigenvalue weighted by Gasteiger charge is -2.30. The van der Waals surface area contributed by atoms with Gasteiger partial charge < -0.3 is 10.4 Å². The van der Waals surface area contributed by atoms with Crippen molar-refractivity contribution in [1.82, 2.24) is 5.32 Å². The zero-order chi connectivity index (χ0) is 13.3. The summed E-state index contributed by atoms with van der Waals surface area (Å²) in [6.45, 7) is 10.5. The van der Waals surface area contributed by atoms with Crippen LogP contribution in [-0.4, -0.2) is 17.2 Å².